The largest absolute Gasteiger partial charge is 0.368 e. The van der Waals surface area contributed by atoms with Crippen molar-refractivity contribution in [2.24, 2.45) is 5.73 Å². The third-order valence-electron chi connectivity index (χ3n) is 2.17. The molecule has 0 bridgehead atoms. The number of primary amides is 1. The molecular weight excluding hydrogens is 256 g/mol. The van der Waals surface area contributed by atoms with E-state index in [1.54, 1.807) is 6.07 Å². The van der Waals surface area contributed by atoms with Gasteiger partial charge in [0.1, 0.15) is 16.5 Å². The first-order chi connectivity index (χ1) is 8.20. The first kappa shape index (κ1) is 14.1. The summed E-state index contributed by atoms with van der Waals surface area (Å²) in [5.74, 6) is -0.825. The first-order valence-electron chi connectivity index (χ1n) is 4.90. The lowest BCUT2D eigenvalue weighted by atomic mass is 10.1. The van der Waals surface area contributed by atoms with Crippen LogP contribution in [0.4, 0.5) is 0 Å². The number of amides is 1. The molecule has 0 saturated heterocycles. The number of carbonyl (C=O) groups is 1. The van der Waals surface area contributed by atoms with Crippen molar-refractivity contribution in [2.45, 2.75) is 24.3 Å². The number of nitrogens with two attached hydrogens (primary N) is 1. The number of aromatic nitrogens is 1. The molecule has 0 aromatic carbocycles. The van der Waals surface area contributed by atoms with Gasteiger partial charge in [0.25, 0.3) is 0 Å². The van der Waals surface area contributed by atoms with Gasteiger partial charge < -0.3 is 5.73 Å². The van der Waals surface area contributed by atoms with Crippen LogP contribution in [0.1, 0.15) is 19.5 Å². The van der Waals surface area contributed by atoms with Gasteiger partial charge in [-0.05, 0) is 26.0 Å². The number of nitriles is 1. The topological polar surface area (TPSA) is 126 Å². The number of hydrogen-bond donors (Lipinski definition) is 2. The van der Waals surface area contributed by atoms with E-state index in [-0.39, 0.29) is 10.6 Å². The Morgan fingerprint density at radius 3 is 2.67 bits per heavy atom. The maximum Gasteiger partial charge on any atom is 0.244 e. The van der Waals surface area contributed by atoms with Crippen LogP contribution in [0.5, 0.6) is 0 Å². The van der Waals surface area contributed by atoms with E-state index in [2.05, 4.69) is 9.71 Å². The molecule has 0 unspecified atom stereocenters. The van der Waals surface area contributed by atoms with E-state index >= 15 is 0 Å². The smallest absolute Gasteiger partial charge is 0.244 e. The van der Waals surface area contributed by atoms with Gasteiger partial charge in [-0.2, -0.15) is 9.98 Å². The second-order valence-corrected chi connectivity index (χ2v) is 5.71. The van der Waals surface area contributed by atoms with Crippen molar-refractivity contribution in [3.05, 3.63) is 24.0 Å². The molecule has 8 heteroatoms. The van der Waals surface area contributed by atoms with Crippen LogP contribution in [0.25, 0.3) is 0 Å². The highest BCUT2D eigenvalue weighted by atomic mass is 32.2. The van der Waals surface area contributed by atoms with Gasteiger partial charge in [0, 0.05) is 6.20 Å². The molecule has 0 saturated carbocycles. The SMILES string of the molecule is CC(C)(NS(=O)(=O)c1cccnc1C#N)C(N)=O. The van der Waals surface area contributed by atoms with Crippen LogP contribution < -0.4 is 10.5 Å². The third-order valence-corrected chi connectivity index (χ3v) is 3.86. The number of pyridine rings is 1. The first-order valence-corrected chi connectivity index (χ1v) is 6.38. The summed E-state index contributed by atoms with van der Waals surface area (Å²) in [6.45, 7) is 2.66. The van der Waals surface area contributed by atoms with Gasteiger partial charge in [-0.1, -0.05) is 0 Å². The second-order valence-electron chi connectivity index (χ2n) is 4.06. The predicted molar refractivity (Wildman–Crippen MR) is 62.5 cm³/mol. The molecule has 96 valence electrons. The standard InChI is InChI=1S/C10H12N4O3S/c1-10(2,9(12)15)14-18(16,17)8-4-3-5-13-7(8)6-11/h3-5,14H,1-2H3,(H2,12,15). The highest BCUT2D eigenvalue weighted by Crippen LogP contribution is 2.15. The van der Waals surface area contributed by atoms with Gasteiger partial charge in [-0.15, -0.1) is 0 Å². The number of sulfonamides is 1. The van der Waals surface area contributed by atoms with Crippen molar-refractivity contribution in [1.29, 1.82) is 5.26 Å². The molecule has 0 atom stereocenters. The number of rotatable bonds is 4. The molecule has 3 N–H and O–H groups in total. The number of nitrogens with one attached hydrogen (secondary N) is 1. The van der Waals surface area contributed by atoms with Crippen LogP contribution >= 0.6 is 0 Å². The van der Waals surface area contributed by atoms with Crippen LogP contribution in [-0.2, 0) is 14.8 Å². The molecule has 18 heavy (non-hydrogen) atoms. The summed E-state index contributed by atoms with van der Waals surface area (Å²) in [7, 11) is -4.04. The van der Waals surface area contributed by atoms with E-state index < -0.39 is 21.5 Å². The fraction of sp³-hybridized carbons (Fsp3) is 0.300. The molecule has 1 heterocycles. The Hall–Kier alpha value is -1.98. The zero-order chi connectivity index (χ0) is 14.0. The maximum absolute atomic E-state index is 12.0. The molecule has 7 nitrogen and oxygen atoms in total. The minimum Gasteiger partial charge on any atom is -0.368 e. The Morgan fingerprint density at radius 1 is 1.56 bits per heavy atom. The maximum atomic E-state index is 12.0. The molecule has 1 rings (SSSR count). The molecular formula is C10H12N4O3S. The summed E-state index contributed by atoms with van der Waals surface area (Å²) >= 11 is 0. The number of carbonyl (C=O) groups excluding carboxylic acids is 1. The minimum atomic E-state index is -4.04. The summed E-state index contributed by atoms with van der Waals surface area (Å²) in [6.07, 6.45) is 1.30. The van der Waals surface area contributed by atoms with E-state index in [0.29, 0.717) is 0 Å². The van der Waals surface area contributed by atoms with Crippen LogP contribution in [0.3, 0.4) is 0 Å². The molecule has 0 radical (unpaired) electrons. The quantitative estimate of drug-likeness (QED) is 0.760. The normalized spacial score (nSPS) is 11.8. The highest BCUT2D eigenvalue weighted by Gasteiger charge is 2.32. The summed E-state index contributed by atoms with van der Waals surface area (Å²) in [5, 5.41) is 8.79. The van der Waals surface area contributed by atoms with Crippen molar-refractivity contribution < 1.29 is 13.2 Å². The molecule has 0 aliphatic heterocycles. The predicted octanol–water partition coefficient (Wildman–Crippen LogP) is -0.505. The fourth-order valence-corrected chi connectivity index (χ4v) is 2.63. The Balaban J connectivity index is 3.25. The third kappa shape index (κ3) is 2.82. The molecule has 0 spiro atoms. The Morgan fingerprint density at radius 2 is 2.17 bits per heavy atom. The molecule has 0 aliphatic carbocycles. The van der Waals surface area contributed by atoms with Crippen LogP contribution in [0.2, 0.25) is 0 Å². The zero-order valence-electron chi connectivity index (χ0n) is 9.84. The van der Waals surface area contributed by atoms with Crippen molar-refractivity contribution >= 4 is 15.9 Å². The molecule has 0 aliphatic rings. The van der Waals surface area contributed by atoms with Crippen LogP contribution in [-0.4, -0.2) is 24.8 Å². The van der Waals surface area contributed by atoms with Crippen molar-refractivity contribution in [3.8, 4) is 6.07 Å². The van der Waals surface area contributed by atoms with Crippen LogP contribution in [0.15, 0.2) is 23.2 Å². The van der Waals surface area contributed by atoms with Gasteiger partial charge in [0.05, 0.1) is 0 Å². The molecule has 1 aromatic rings. The van der Waals surface area contributed by atoms with Crippen LogP contribution in [0, 0.1) is 11.3 Å². The van der Waals surface area contributed by atoms with Gasteiger partial charge in [-0.3, -0.25) is 4.79 Å². The van der Waals surface area contributed by atoms with E-state index in [1.807, 2.05) is 0 Å². The lowest BCUT2D eigenvalue weighted by molar-refractivity contribution is -0.122. The minimum absolute atomic E-state index is 0.245. The van der Waals surface area contributed by atoms with E-state index in [1.165, 1.54) is 32.2 Å². The molecule has 1 aromatic heterocycles. The summed E-state index contributed by atoms with van der Waals surface area (Å²) < 4.78 is 26.2. The Labute approximate surface area is 105 Å². The lowest BCUT2D eigenvalue weighted by Crippen LogP contribution is -2.52. The summed E-state index contributed by atoms with van der Waals surface area (Å²) in [4.78, 5) is 14.5. The number of nitrogens with zero attached hydrogens (tertiary/aromatic N) is 2. The Kier molecular flexibility index (Phi) is 3.69. The van der Waals surface area contributed by atoms with Gasteiger partial charge in [0.15, 0.2) is 5.69 Å². The Bertz CT molecular complexity index is 616. The second kappa shape index (κ2) is 4.72. The van der Waals surface area contributed by atoms with Gasteiger partial charge >= 0.3 is 0 Å². The van der Waals surface area contributed by atoms with E-state index in [4.69, 9.17) is 11.0 Å². The van der Waals surface area contributed by atoms with Crippen molar-refractivity contribution in [1.82, 2.24) is 9.71 Å². The van der Waals surface area contributed by atoms with Crippen molar-refractivity contribution in [2.75, 3.05) is 0 Å². The monoisotopic (exact) mass is 268 g/mol. The van der Waals surface area contributed by atoms with Crippen molar-refractivity contribution in [3.63, 3.8) is 0 Å². The lowest BCUT2D eigenvalue weighted by Gasteiger charge is -2.22. The zero-order valence-corrected chi connectivity index (χ0v) is 10.7. The highest BCUT2D eigenvalue weighted by molar-refractivity contribution is 7.89. The van der Waals surface area contributed by atoms with Gasteiger partial charge in [-0.25, -0.2) is 13.4 Å². The average Bonchev–Trinajstić information content (AvgIpc) is 2.27. The average molecular weight is 268 g/mol. The summed E-state index contributed by atoms with van der Waals surface area (Å²) in [5.41, 5.74) is 3.38. The number of hydrogen-bond acceptors (Lipinski definition) is 5. The molecule has 0 fully saturated rings. The fourth-order valence-electron chi connectivity index (χ4n) is 1.13. The van der Waals surface area contributed by atoms with E-state index in [0.717, 1.165) is 0 Å². The summed E-state index contributed by atoms with van der Waals surface area (Å²) in [6, 6.07) is 4.28. The molecule has 1 amide bonds. The van der Waals surface area contributed by atoms with Gasteiger partial charge in [0.2, 0.25) is 15.9 Å². The van der Waals surface area contributed by atoms with E-state index in [9.17, 15) is 13.2 Å².